The summed E-state index contributed by atoms with van der Waals surface area (Å²) in [7, 11) is 0. The van der Waals surface area contributed by atoms with Crippen molar-refractivity contribution in [3.8, 4) is 11.8 Å². The lowest BCUT2D eigenvalue weighted by Gasteiger charge is -2.02. The minimum Gasteiger partial charge on any atom is -0.258 e. The second-order valence-corrected chi connectivity index (χ2v) is 5.82. The van der Waals surface area contributed by atoms with Crippen LogP contribution in [0, 0.1) is 22.0 Å². The standard InChI is InChI=1S/C22H13NO2/c24-23(25)22-11-8-16(9-12-22)5-6-17-7-10-20-14-18-3-1-2-4-19(18)15-21(20)13-17/h1-4,7-15H. The van der Waals surface area contributed by atoms with Crippen LogP contribution in [0.5, 0.6) is 0 Å². The summed E-state index contributed by atoms with van der Waals surface area (Å²) in [6.45, 7) is 0. The third-order valence-electron chi connectivity index (χ3n) is 4.13. The maximum absolute atomic E-state index is 10.7. The first-order valence-corrected chi connectivity index (χ1v) is 7.88. The minimum absolute atomic E-state index is 0.0723. The highest BCUT2D eigenvalue weighted by Crippen LogP contribution is 2.23. The number of nitro benzene ring substituents is 1. The largest absolute Gasteiger partial charge is 0.269 e. The topological polar surface area (TPSA) is 43.1 Å². The molecular weight excluding hydrogens is 310 g/mol. The highest BCUT2D eigenvalue weighted by Gasteiger charge is 2.02. The van der Waals surface area contributed by atoms with Crippen LogP contribution < -0.4 is 0 Å². The fraction of sp³-hybridized carbons (Fsp3) is 0. The van der Waals surface area contributed by atoms with Crippen molar-refractivity contribution in [3.05, 3.63) is 100 Å². The van der Waals surface area contributed by atoms with E-state index in [0.29, 0.717) is 0 Å². The molecule has 0 radical (unpaired) electrons. The smallest absolute Gasteiger partial charge is 0.258 e. The SMILES string of the molecule is O=[N+]([O-])c1ccc(C#Cc2ccc3cc4ccccc4cc3c2)cc1. The maximum atomic E-state index is 10.7. The molecule has 118 valence electrons. The molecule has 0 saturated carbocycles. The van der Waals surface area contributed by atoms with Gasteiger partial charge in [0.25, 0.3) is 5.69 Å². The van der Waals surface area contributed by atoms with Crippen molar-refractivity contribution in [2.24, 2.45) is 0 Å². The Morgan fingerprint density at radius 1 is 0.640 bits per heavy atom. The van der Waals surface area contributed by atoms with Crippen LogP contribution in [0.4, 0.5) is 5.69 Å². The molecule has 0 atom stereocenters. The molecule has 4 aromatic rings. The summed E-state index contributed by atoms with van der Waals surface area (Å²) in [5.74, 6) is 6.19. The first-order valence-electron chi connectivity index (χ1n) is 7.88. The quantitative estimate of drug-likeness (QED) is 0.206. The monoisotopic (exact) mass is 323 g/mol. The number of benzene rings is 4. The molecule has 0 bridgehead atoms. The van der Waals surface area contributed by atoms with Gasteiger partial charge in [0.15, 0.2) is 0 Å². The van der Waals surface area contributed by atoms with Crippen molar-refractivity contribution in [2.45, 2.75) is 0 Å². The van der Waals surface area contributed by atoms with Crippen LogP contribution in [0.2, 0.25) is 0 Å². The van der Waals surface area contributed by atoms with E-state index in [1.807, 2.05) is 18.2 Å². The van der Waals surface area contributed by atoms with Gasteiger partial charge in [-0.3, -0.25) is 10.1 Å². The van der Waals surface area contributed by atoms with Gasteiger partial charge >= 0.3 is 0 Å². The van der Waals surface area contributed by atoms with E-state index in [0.717, 1.165) is 16.5 Å². The van der Waals surface area contributed by atoms with E-state index >= 15 is 0 Å². The summed E-state index contributed by atoms with van der Waals surface area (Å²) >= 11 is 0. The molecule has 0 aliphatic rings. The number of nitrogens with zero attached hydrogens (tertiary/aromatic N) is 1. The average molecular weight is 323 g/mol. The van der Waals surface area contributed by atoms with E-state index in [1.165, 1.54) is 28.3 Å². The van der Waals surface area contributed by atoms with Crippen LogP contribution in [0.3, 0.4) is 0 Å². The Bertz CT molecular complexity index is 1170. The molecule has 4 aromatic carbocycles. The van der Waals surface area contributed by atoms with Gasteiger partial charge in [0.2, 0.25) is 0 Å². The molecule has 0 aliphatic carbocycles. The number of hydrogen-bond acceptors (Lipinski definition) is 2. The molecule has 0 heterocycles. The van der Waals surface area contributed by atoms with Gasteiger partial charge in [0.05, 0.1) is 4.92 Å². The maximum Gasteiger partial charge on any atom is 0.269 e. The Morgan fingerprint density at radius 3 is 1.88 bits per heavy atom. The summed E-state index contributed by atoms with van der Waals surface area (Å²) < 4.78 is 0. The number of non-ortho nitro benzene ring substituents is 1. The molecule has 0 spiro atoms. The lowest BCUT2D eigenvalue weighted by molar-refractivity contribution is -0.384. The predicted octanol–water partition coefficient (Wildman–Crippen LogP) is 5.30. The normalized spacial score (nSPS) is 10.4. The van der Waals surface area contributed by atoms with Crippen LogP contribution in [0.1, 0.15) is 11.1 Å². The average Bonchev–Trinajstić information content (AvgIpc) is 2.65. The Balaban J connectivity index is 1.70. The molecule has 3 nitrogen and oxygen atoms in total. The zero-order valence-electron chi connectivity index (χ0n) is 13.3. The van der Waals surface area contributed by atoms with Crippen molar-refractivity contribution in [1.29, 1.82) is 0 Å². The summed E-state index contributed by atoms with van der Waals surface area (Å²) in [6.07, 6.45) is 0. The summed E-state index contributed by atoms with van der Waals surface area (Å²) in [5, 5.41) is 15.4. The van der Waals surface area contributed by atoms with E-state index in [4.69, 9.17) is 0 Å². The second kappa shape index (κ2) is 6.10. The lowest BCUT2D eigenvalue weighted by atomic mass is 10.0. The summed E-state index contributed by atoms with van der Waals surface area (Å²) in [5.41, 5.74) is 1.74. The van der Waals surface area contributed by atoms with Gasteiger partial charge in [0.1, 0.15) is 0 Å². The molecule has 0 unspecified atom stereocenters. The molecule has 0 fully saturated rings. The highest BCUT2D eigenvalue weighted by molar-refractivity contribution is 5.98. The Hall–Kier alpha value is -3.64. The van der Waals surface area contributed by atoms with Crippen molar-refractivity contribution >= 4 is 27.2 Å². The van der Waals surface area contributed by atoms with Crippen LogP contribution in [-0.2, 0) is 0 Å². The Kier molecular flexibility index (Phi) is 3.64. The van der Waals surface area contributed by atoms with Crippen LogP contribution in [0.15, 0.2) is 78.9 Å². The third-order valence-corrected chi connectivity index (χ3v) is 4.13. The lowest BCUT2D eigenvalue weighted by Crippen LogP contribution is -1.87. The number of fused-ring (bicyclic) bond motifs is 2. The molecule has 0 N–H and O–H groups in total. The van der Waals surface area contributed by atoms with Gasteiger partial charge in [-0.05, 0) is 57.9 Å². The van der Waals surface area contributed by atoms with Gasteiger partial charge in [-0.15, -0.1) is 0 Å². The van der Waals surface area contributed by atoms with Gasteiger partial charge in [-0.2, -0.15) is 0 Å². The molecule has 0 amide bonds. The zero-order valence-corrected chi connectivity index (χ0v) is 13.3. The Morgan fingerprint density at radius 2 is 1.20 bits per heavy atom. The van der Waals surface area contributed by atoms with Crippen molar-refractivity contribution in [3.63, 3.8) is 0 Å². The van der Waals surface area contributed by atoms with Crippen LogP contribution >= 0.6 is 0 Å². The van der Waals surface area contributed by atoms with E-state index in [9.17, 15) is 10.1 Å². The van der Waals surface area contributed by atoms with Crippen molar-refractivity contribution < 1.29 is 4.92 Å². The first kappa shape index (κ1) is 14.9. The fourth-order valence-corrected chi connectivity index (χ4v) is 2.83. The molecule has 0 aromatic heterocycles. The Labute approximate surface area is 144 Å². The molecule has 4 rings (SSSR count). The highest BCUT2D eigenvalue weighted by atomic mass is 16.6. The van der Waals surface area contributed by atoms with Crippen LogP contribution in [0.25, 0.3) is 21.5 Å². The molecule has 0 saturated heterocycles. The van der Waals surface area contributed by atoms with Gasteiger partial charge in [-0.25, -0.2) is 0 Å². The molecule has 0 aliphatic heterocycles. The predicted molar refractivity (Wildman–Crippen MR) is 101 cm³/mol. The fourth-order valence-electron chi connectivity index (χ4n) is 2.83. The molecule has 25 heavy (non-hydrogen) atoms. The van der Waals surface area contributed by atoms with E-state index in [2.05, 4.69) is 48.2 Å². The molecule has 3 heteroatoms. The summed E-state index contributed by atoms with van der Waals surface area (Å²) in [4.78, 5) is 10.3. The van der Waals surface area contributed by atoms with E-state index in [-0.39, 0.29) is 5.69 Å². The number of rotatable bonds is 1. The minimum atomic E-state index is -0.412. The third kappa shape index (κ3) is 3.06. The number of hydrogen-bond donors (Lipinski definition) is 0. The van der Waals surface area contributed by atoms with Crippen molar-refractivity contribution in [2.75, 3.05) is 0 Å². The van der Waals surface area contributed by atoms with Gasteiger partial charge in [0, 0.05) is 23.3 Å². The summed E-state index contributed by atoms with van der Waals surface area (Å²) in [6, 6.07) is 25.0. The van der Waals surface area contributed by atoms with E-state index in [1.54, 1.807) is 12.1 Å². The van der Waals surface area contributed by atoms with Gasteiger partial charge in [-0.1, -0.05) is 42.2 Å². The van der Waals surface area contributed by atoms with E-state index < -0.39 is 4.92 Å². The van der Waals surface area contributed by atoms with Crippen molar-refractivity contribution in [1.82, 2.24) is 0 Å². The number of nitro groups is 1. The first-order chi connectivity index (χ1) is 12.2. The second-order valence-electron chi connectivity index (χ2n) is 5.82. The van der Waals surface area contributed by atoms with Crippen LogP contribution in [-0.4, -0.2) is 4.92 Å². The molecular formula is C22H13NO2. The van der Waals surface area contributed by atoms with Gasteiger partial charge < -0.3 is 0 Å². The zero-order chi connectivity index (χ0) is 17.2.